The summed E-state index contributed by atoms with van der Waals surface area (Å²) < 4.78 is 0. The van der Waals surface area contributed by atoms with E-state index in [0.717, 1.165) is 28.0 Å². The molecule has 4 heteroatoms. The highest BCUT2D eigenvalue weighted by molar-refractivity contribution is 5.73. The van der Waals surface area contributed by atoms with Crippen LogP contribution in [0.4, 0.5) is 0 Å². The topological polar surface area (TPSA) is 47.9 Å². The second-order valence-corrected chi connectivity index (χ2v) is 7.89. The Labute approximate surface area is 182 Å². The molecule has 1 unspecified atom stereocenters. The van der Waals surface area contributed by atoms with E-state index in [2.05, 4.69) is 47.9 Å². The summed E-state index contributed by atoms with van der Waals surface area (Å²) >= 11 is 0. The molecular weight excluding hydrogens is 370 g/mol. The Kier molecular flexibility index (Phi) is 9.54. The summed E-state index contributed by atoms with van der Waals surface area (Å²) in [5, 5.41) is 20.6. The average Bonchev–Trinajstić information content (AvgIpc) is 2.66. The summed E-state index contributed by atoms with van der Waals surface area (Å²) in [4.78, 5) is 0. The lowest BCUT2D eigenvalue weighted by atomic mass is 9.90. The molecule has 0 amide bonds. The maximum atomic E-state index is 11.0. The van der Waals surface area contributed by atoms with Gasteiger partial charge in [-0.2, -0.15) is 5.10 Å². The highest BCUT2D eigenvalue weighted by atomic mass is 16.3. The lowest BCUT2D eigenvalue weighted by Gasteiger charge is -2.35. The molecule has 4 nitrogen and oxygen atoms in total. The number of hydrogen-bond donors (Lipinski definition) is 2. The van der Waals surface area contributed by atoms with Gasteiger partial charge in [0.2, 0.25) is 0 Å². The Bertz CT molecular complexity index is 849. The maximum Gasteiger partial charge on any atom is 0.128 e. The van der Waals surface area contributed by atoms with Gasteiger partial charge in [0.15, 0.2) is 0 Å². The quantitative estimate of drug-likeness (QED) is 0.271. The minimum atomic E-state index is -1.03. The fraction of sp³-hybridized carbons (Fsp3) is 0.346. The van der Waals surface area contributed by atoms with Gasteiger partial charge in [0.25, 0.3) is 0 Å². The second kappa shape index (κ2) is 11.4. The van der Waals surface area contributed by atoms with Crippen molar-refractivity contribution in [2.24, 2.45) is 5.10 Å². The molecule has 0 aromatic heterocycles. The van der Waals surface area contributed by atoms with Gasteiger partial charge in [-0.05, 0) is 71.2 Å². The Hall–Kier alpha value is -2.85. The predicted octanol–water partition coefficient (Wildman–Crippen LogP) is 6.33. The van der Waals surface area contributed by atoms with Crippen LogP contribution >= 0.6 is 0 Å². The first-order valence-electron chi connectivity index (χ1n) is 10.2. The Morgan fingerprint density at radius 3 is 2.13 bits per heavy atom. The van der Waals surface area contributed by atoms with Crippen LogP contribution in [0.25, 0.3) is 5.57 Å². The lowest BCUT2D eigenvalue weighted by Crippen LogP contribution is -2.41. The molecule has 0 aliphatic carbocycles. The summed E-state index contributed by atoms with van der Waals surface area (Å²) in [5.41, 5.74) is 3.85. The minimum Gasteiger partial charge on any atom is -0.388 e. The van der Waals surface area contributed by atoms with Gasteiger partial charge >= 0.3 is 0 Å². The smallest absolute Gasteiger partial charge is 0.128 e. The number of nitrogens with one attached hydrogen (secondary N) is 1. The van der Waals surface area contributed by atoms with Crippen LogP contribution in [0.5, 0.6) is 0 Å². The van der Waals surface area contributed by atoms with Crippen molar-refractivity contribution in [1.29, 1.82) is 0 Å². The van der Waals surface area contributed by atoms with E-state index in [9.17, 15) is 5.11 Å². The van der Waals surface area contributed by atoms with Crippen LogP contribution in [0.15, 0.2) is 83.9 Å². The summed E-state index contributed by atoms with van der Waals surface area (Å²) in [7, 11) is 0. The van der Waals surface area contributed by atoms with Gasteiger partial charge < -0.3 is 10.4 Å². The zero-order valence-corrected chi connectivity index (χ0v) is 19.5. The molecule has 2 N–H and O–H groups in total. The number of benzene rings is 1. The molecule has 0 heterocycles. The fourth-order valence-corrected chi connectivity index (χ4v) is 3.10. The van der Waals surface area contributed by atoms with Gasteiger partial charge in [-0.15, -0.1) is 0 Å². The molecule has 0 radical (unpaired) electrons. The molecule has 0 saturated heterocycles. The molecule has 0 saturated carbocycles. The molecule has 0 fully saturated rings. The van der Waals surface area contributed by atoms with E-state index in [1.807, 2.05) is 58.9 Å². The standard InChI is InChI=1S/C26H37N3O/c1-10-13-21(11-2)22-14-16-23(17-15-22)25(26(8,9)30)28-24(18-19(4)5)29(20(6)7)27-12-3/h10-18,25,28,30H,4,6H2,1-3,5,7-9H3/b13-10-,21-11+,24-18-,27-12-. The first kappa shape index (κ1) is 25.2. The van der Waals surface area contributed by atoms with Gasteiger partial charge in [-0.1, -0.05) is 61.2 Å². The summed E-state index contributed by atoms with van der Waals surface area (Å²) in [6, 6.07) is 7.87. The van der Waals surface area contributed by atoms with Crippen molar-refractivity contribution < 1.29 is 5.11 Å². The van der Waals surface area contributed by atoms with Crippen LogP contribution in [-0.4, -0.2) is 21.9 Å². The Morgan fingerprint density at radius 1 is 1.13 bits per heavy atom. The molecule has 0 bridgehead atoms. The first-order chi connectivity index (χ1) is 14.0. The molecule has 1 aromatic carbocycles. The molecular formula is C26H37N3O. The maximum absolute atomic E-state index is 11.0. The van der Waals surface area contributed by atoms with Gasteiger partial charge in [0.05, 0.1) is 11.6 Å². The van der Waals surface area contributed by atoms with Crippen molar-refractivity contribution in [2.45, 2.75) is 60.1 Å². The second-order valence-electron chi connectivity index (χ2n) is 7.89. The molecule has 30 heavy (non-hydrogen) atoms. The number of hydrogen-bond acceptors (Lipinski definition) is 4. The minimum absolute atomic E-state index is 0.373. The fourth-order valence-electron chi connectivity index (χ4n) is 3.10. The molecule has 0 aliphatic rings. The molecule has 1 aromatic rings. The third-order valence-corrected chi connectivity index (χ3v) is 4.44. The normalized spacial score (nSPS) is 14.3. The SMILES string of the molecule is C=C(C)/C=C(/NC(c1ccc(C(/C=C\C)=C/C)cc1)C(C)(C)O)N(/N=C\C)C(=C)C. The van der Waals surface area contributed by atoms with Crippen LogP contribution in [0.2, 0.25) is 0 Å². The van der Waals surface area contributed by atoms with Crippen LogP contribution in [0.1, 0.15) is 65.6 Å². The molecule has 1 atom stereocenters. The molecule has 162 valence electrons. The Balaban J connectivity index is 3.42. The van der Waals surface area contributed by atoms with E-state index in [1.54, 1.807) is 25.1 Å². The molecule has 0 spiro atoms. The number of hydrazone groups is 1. The van der Waals surface area contributed by atoms with Crippen molar-refractivity contribution >= 4 is 11.8 Å². The molecule has 0 aliphatic heterocycles. The highest BCUT2D eigenvalue weighted by Crippen LogP contribution is 2.29. The number of rotatable bonds is 10. The van der Waals surface area contributed by atoms with Crippen molar-refractivity contribution in [2.75, 3.05) is 0 Å². The zero-order chi connectivity index (χ0) is 22.9. The van der Waals surface area contributed by atoms with Crippen molar-refractivity contribution in [3.05, 3.63) is 89.9 Å². The van der Waals surface area contributed by atoms with E-state index in [0.29, 0.717) is 5.82 Å². The van der Waals surface area contributed by atoms with E-state index >= 15 is 0 Å². The van der Waals surface area contributed by atoms with Crippen molar-refractivity contribution in [3.8, 4) is 0 Å². The summed E-state index contributed by atoms with van der Waals surface area (Å²) in [5.74, 6) is 0.701. The monoisotopic (exact) mass is 407 g/mol. The number of aliphatic hydroxyl groups is 1. The number of allylic oxidation sites excluding steroid dienone is 7. The van der Waals surface area contributed by atoms with Gasteiger partial charge in [0, 0.05) is 11.9 Å². The van der Waals surface area contributed by atoms with Gasteiger partial charge in [-0.25, -0.2) is 5.01 Å². The van der Waals surface area contributed by atoms with Crippen molar-refractivity contribution in [1.82, 2.24) is 10.3 Å². The Morgan fingerprint density at radius 2 is 1.73 bits per heavy atom. The van der Waals surface area contributed by atoms with Crippen LogP contribution < -0.4 is 5.32 Å². The first-order valence-corrected chi connectivity index (χ1v) is 10.2. The van der Waals surface area contributed by atoms with Gasteiger partial charge in [-0.3, -0.25) is 0 Å². The largest absolute Gasteiger partial charge is 0.388 e. The highest BCUT2D eigenvalue weighted by Gasteiger charge is 2.30. The van der Waals surface area contributed by atoms with E-state index in [-0.39, 0.29) is 6.04 Å². The third-order valence-electron chi connectivity index (χ3n) is 4.44. The van der Waals surface area contributed by atoms with Crippen LogP contribution in [0, 0.1) is 0 Å². The summed E-state index contributed by atoms with van der Waals surface area (Å²) in [6.45, 7) is 21.3. The van der Waals surface area contributed by atoms with E-state index < -0.39 is 5.60 Å². The number of nitrogens with zero attached hydrogens (tertiary/aromatic N) is 2. The summed E-state index contributed by atoms with van der Waals surface area (Å²) in [6.07, 6.45) is 9.80. The van der Waals surface area contributed by atoms with Crippen LogP contribution in [0.3, 0.4) is 0 Å². The van der Waals surface area contributed by atoms with E-state index in [1.165, 1.54) is 0 Å². The average molecular weight is 408 g/mol. The van der Waals surface area contributed by atoms with Crippen LogP contribution in [-0.2, 0) is 0 Å². The third kappa shape index (κ3) is 7.20. The van der Waals surface area contributed by atoms with Gasteiger partial charge in [0.1, 0.15) is 5.82 Å². The van der Waals surface area contributed by atoms with Crippen molar-refractivity contribution in [3.63, 3.8) is 0 Å². The lowest BCUT2D eigenvalue weighted by molar-refractivity contribution is 0.0379. The zero-order valence-electron chi connectivity index (χ0n) is 19.5. The molecule has 1 rings (SSSR count). The predicted molar refractivity (Wildman–Crippen MR) is 131 cm³/mol. The van der Waals surface area contributed by atoms with E-state index in [4.69, 9.17) is 0 Å².